The van der Waals surface area contributed by atoms with Gasteiger partial charge in [0.15, 0.2) is 5.96 Å². The molecule has 1 aliphatic heterocycles. The van der Waals surface area contributed by atoms with Crippen LogP contribution in [0, 0.1) is 0 Å². The van der Waals surface area contributed by atoms with Crippen LogP contribution in [-0.4, -0.2) is 52.0 Å². The molecule has 0 aliphatic carbocycles. The van der Waals surface area contributed by atoms with Crippen molar-refractivity contribution >= 4 is 57.2 Å². The zero-order chi connectivity index (χ0) is 20.9. The van der Waals surface area contributed by atoms with Crippen molar-refractivity contribution in [2.45, 2.75) is 18.4 Å². The van der Waals surface area contributed by atoms with Gasteiger partial charge in [-0.3, -0.25) is 0 Å². The number of nitrogens with one attached hydrogen (secondary N) is 1. The highest BCUT2D eigenvalue weighted by Gasteiger charge is 2.18. The molecule has 0 aromatic heterocycles. The summed E-state index contributed by atoms with van der Waals surface area (Å²) in [6, 6.07) is 14.5. The zero-order valence-corrected chi connectivity index (χ0v) is 20.7. The summed E-state index contributed by atoms with van der Waals surface area (Å²) in [5, 5.41) is 0.732. The molecule has 0 amide bonds. The summed E-state index contributed by atoms with van der Waals surface area (Å²) in [5.74, 6) is 0.505. The molecule has 30 heavy (non-hydrogen) atoms. The van der Waals surface area contributed by atoms with Gasteiger partial charge < -0.3 is 15.5 Å². The van der Waals surface area contributed by atoms with Gasteiger partial charge in [0.1, 0.15) is 0 Å². The molecule has 3 N–H and O–H groups in total. The summed E-state index contributed by atoms with van der Waals surface area (Å²) in [6.45, 7) is 5.80. The molecule has 0 saturated carbocycles. The molecule has 2 aromatic rings. The highest BCUT2D eigenvalue weighted by Crippen LogP contribution is 2.19. The quantitative estimate of drug-likeness (QED) is 0.320. The molecule has 1 fully saturated rings. The molecule has 0 spiro atoms. The van der Waals surface area contributed by atoms with Gasteiger partial charge in [0.2, 0.25) is 10.0 Å². The molecule has 1 saturated heterocycles. The maximum atomic E-state index is 12.0. The summed E-state index contributed by atoms with van der Waals surface area (Å²) >= 11 is 5.95. The monoisotopic (exact) mass is 563 g/mol. The van der Waals surface area contributed by atoms with Crippen LogP contribution in [0.5, 0.6) is 0 Å². The molecule has 0 radical (unpaired) electrons. The number of hydrogen-bond donors (Lipinski definition) is 2. The Morgan fingerprint density at radius 1 is 1.07 bits per heavy atom. The third kappa shape index (κ3) is 6.47. The van der Waals surface area contributed by atoms with Gasteiger partial charge in [0.25, 0.3) is 0 Å². The highest BCUT2D eigenvalue weighted by atomic mass is 127. The van der Waals surface area contributed by atoms with Gasteiger partial charge in [-0.05, 0) is 42.0 Å². The summed E-state index contributed by atoms with van der Waals surface area (Å²) in [6.07, 6.45) is 0. The molecule has 0 bridgehead atoms. The van der Waals surface area contributed by atoms with Crippen LogP contribution in [0.15, 0.2) is 58.4 Å². The third-order valence-corrected chi connectivity index (χ3v) is 6.60. The fourth-order valence-electron chi connectivity index (χ4n) is 3.17. The minimum Gasteiger partial charge on any atom is -0.370 e. The molecule has 7 nitrogen and oxygen atoms in total. The topological polar surface area (TPSA) is 91.0 Å². The van der Waals surface area contributed by atoms with Gasteiger partial charge in [-0.25, -0.2) is 18.1 Å². The van der Waals surface area contributed by atoms with E-state index in [1.807, 2.05) is 24.3 Å². The van der Waals surface area contributed by atoms with Crippen molar-refractivity contribution in [3.05, 3.63) is 59.1 Å². The number of anilines is 1. The second kappa shape index (κ2) is 11.2. The summed E-state index contributed by atoms with van der Waals surface area (Å²) in [5.41, 5.74) is 8.23. The Balaban J connectivity index is 0.00000320. The average Bonchev–Trinajstić information content (AvgIpc) is 2.73. The predicted molar refractivity (Wildman–Crippen MR) is 133 cm³/mol. The van der Waals surface area contributed by atoms with Crippen LogP contribution in [0.1, 0.15) is 12.5 Å². The van der Waals surface area contributed by atoms with Crippen LogP contribution in [0.2, 0.25) is 5.02 Å². The largest absolute Gasteiger partial charge is 0.370 e. The normalized spacial score (nSPS) is 15.1. The van der Waals surface area contributed by atoms with Gasteiger partial charge in [-0.2, -0.15) is 0 Å². The molecule has 10 heteroatoms. The maximum absolute atomic E-state index is 12.0. The molecule has 0 atom stereocenters. The van der Waals surface area contributed by atoms with E-state index in [0.29, 0.717) is 19.0 Å². The Bertz CT molecular complexity index is 944. The van der Waals surface area contributed by atoms with E-state index in [1.54, 1.807) is 31.2 Å². The number of aliphatic imine (C=N–C) groups is 1. The first-order chi connectivity index (χ1) is 13.9. The van der Waals surface area contributed by atoms with Gasteiger partial charge in [0.05, 0.1) is 11.4 Å². The van der Waals surface area contributed by atoms with Crippen molar-refractivity contribution in [2.75, 3.05) is 37.6 Å². The number of rotatable bonds is 6. The lowest BCUT2D eigenvalue weighted by Crippen LogP contribution is -2.51. The number of guanidine groups is 1. The number of benzene rings is 2. The van der Waals surface area contributed by atoms with E-state index in [4.69, 9.17) is 17.3 Å². The van der Waals surface area contributed by atoms with E-state index >= 15 is 0 Å². The van der Waals surface area contributed by atoms with Crippen molar-refractivity contribution in [3.63, 3.8) is 0 Å². The maximum Gasteiger partial charge on any atom is 0.240 e. The molecular weight excluding hydrogens is 537 g/mol. The third-order valence-electron chi connectivity index (χ3n) is 4.79. The Morgan fingerprint density at radius 2 is 1.67 bits per heavy atom. The molecule has 164 valence electrons. The fourth-order valence-corrected chi connectivity index (χ4v) is 4.33. The lowest BCUT2D eigenvalue weighted by atomic mass is 10.2. The van der Waals surface area contributed by atoms with Crippen LogP contribution < -0.4 is 15.4 Å². The number of hydrogen-bond acceptors (Lipinski definition) is 4. The molecule has 0 unspecified atom stereocenters. The second-order valence-electron chi connectivity index (χ2n) is 6.77. The van der Waals surface area contributed by atoms with Crippen LogP contribution in [0.3, 0.4) is 0 Å². The first-order valence-electron chi connectivity index (χ1n) is 9.53. The number of nitrogens with zero attached hydrogens (tertiary/aromatic N) is 3. The highest BCUT2D eigenvalue weighted by molar-refractivity contribution is 14.0. The number of piperazine rings is 1. The van der Waals surface area contributed by atoms with Crippen molar-refractivity contribution in [3.8, 4) is 0 Å². The average molecular weight is 564 g/mol. The SMILES string of the molecule is CCNS(=O)(=O)c1ccc(CN=C(N)N2CCN(c3ccc(Cl)cc3)CC2)cc1.I. The minimum atomic E-state index is -3.44. The Kier molecular flexibility index (Phi) is 9.20. The zero-order valence-electron chi connectivity index (χ0n) is 16.8. The molecule has 3 rings (SSSR count). The lowest BCUT2D eigenvalue weighted by Gasteiger charge is -2.36. The molecule has 1 heterocycles. The van der Waals surface area contributed by atoms with Gasteiger partial charge in [-0.15, -0.1) is 24.0 Å². The smallest absolute Gasteiger partial charge is 0.240 e. The van der Waals surface area contributed by atoms with E-state index in [1.165, 1.54) is 0 Å². The standard InChI is InChI=1S/C20H26ClN5O2S.HI/c1-2-24-29(27,28)19-9-3-16(4-10-19)15-23-20(22)26-13-11-25(12-14-26)18-7-5-17(21)6-8-18;/h3-10,24H,2,11-15H2,1H3,(H2,22,23);1H. The van der Waals surface area contributed by atoms with Crippen LogP contribution in [0.4, 0.5) is 5.69 Å². The first kappa shape index (κ1) is 24.7. The van der Waals surface area contributed by atoms with Crippen LogP contribution in [0.25, 0.3) is 0 Å². The Hall–Kier alpha value is -1.56. The number of sulfonamides is 1. The molecule has 2 aromatic carbocycles. The summed E-state index contributed by atoms with van der Waals surface area (Å²) in [7, 11) is -3.44. The molecular formula is C20H27ClIN5O2S. The van der Waals surface area contributed by atoms with E-state index < -0.39 is 10.0 Å². The van der Waals surface area contributed by atoms with Gasteiger partial charge in [-0.1, -0.05) is 30.7 Å². The predicted octanol–water partition coefficient (Wildman–Crippen LogP) is 2.89. The summed E-state index contributed by atoms with van der Waals surface area (Å²) < 4.78 is 26.4. The number of halogens is 2. The first-order valence-corrected chi connectivity index (χ1v) is 11.4. The van der Waals surface area contributed by atoms with Crippen molar-refractivity contribution in [1.29, 1.82) is 0 Å². The van der Waals surface area contributed by atoms with E-state index in [0.717, 1.165) is 42.5 Å². The van der Waals surface area contributed by atoms with Crippen LogP contribution in [-0.2, 0) is 16.6 Å². The van der Waals surface area contributed by atoms with Gasteiger partial charge >= 0.3 is 0 Å². The fraction of sp³-hybridized carbons (Fsp3) is 0.350. The Labute approximate surface area is 200 Å². The number of nitrogens with two attached hydrogens (primary N) is 1. The minimum absolute atomic E-state index is 0. The van der Waals surface area contributed by atoms with Crippen molar-refractivity contribution in [2.24, 2.45) is 10.7 Å². The van der Waals surface area contributed by atoms with Crippen molar-refractivity contribution < 1.29 is 8.42 Å². The second-order valence-corrected chi connectivity index (χ2v) is 8.97. The summed E-state index contributed by atoms with van der Waals surface area (Å²) in [4.78, 5) is 9.08. The van der Waals surface area contributed by atoms with E-state index in [9.17, 15) is 8.42 Å². The Morgan fingerprint density at radius 3 is 2.23 bits per heavy atom. The van der Waals surface area contributed by atoms with Crippen molar-refractivity contribution in [1.82, 2.24) is 9.62 Å². The van der Waals surface area contributed by atoms with E-state index in [2.05, 4.69) is 19.5 Å². The van der Waals surface area contributed by atoms with E-state index in [-0.39, 0.29) is 28.9 Å². The van der Waals surface area contributed by atoms with Gasteiger partial charge in [0, 0.05) is 43.4 Å². The van der Waals surface area contributed by atoms with Crippen LogP contribution >= 0.6 is 35.6 Å². The molecule has 1 aliphatic rings. The lowest BCUT2D eigenvalue weighted by molar-refractivity contribution is 0.380.